The number of hydrogen-bond acceptors (Lipinski definition) is 10. The van der Waals surface area contributed by atoms with Crippen LogP contribution in [-0.4, -0.2) is 53.2 Å². The zero-order chi connectivity index (χ0) is 22.5. The normalized spacial score (nSPS) is 13.2. The molecule has 1 saturated heterocycles. The molecule has 2 amide bonds. The van der Waals surface area contributed by atoms with Crippen LogP contribution in [0.25, 0.3) is 23.0 Å². The molecule has 0 atom stereocenters. The molecule has 1 aliphatic heterocycles. The number of carbonyl (C=O) groups is 3. The third-order valence-corrected chi connectivity index (χ3v) is 4.29. The maximum absolute atomic E-state index is 12.1. The van der Waals surface area contributed by atoms with Crippen LogP contribution >= 0.6 is 0 Å². The Morgan fingerprint density at radius 3 is 2.28 bits per heavy atom. The minimum Gasteiger partial charge on any atom is -0.333 e. The fourth-order valence-corrected chi connectivity index (χ4v) is 2.75. The molecule has 4 rings (SSSR count). The molecule has 12 nitrogen and oxygen atoms in total. The van der Waals surface area contributed by atoms with Gasteiger partial charge in [0.05, 0.1) is 17.6 Å². The summed E-state index contributed by atoms with van der Waals surface area (Å²) < 4.78 is 0. The molecule has 3 aromatic heterocycles. The Balaban J connectivity index is 1.33. The summed E-state index contributed by atoms with van der Waals surface area (Å²) in [4.78, 5) is 48.8. The molecule has 0 aliphatic carbocycles. The average Bonchev–Trinajstić information content (AvgIpc) is 3.12. The Hall–Kier alpha value is -4.61. The highest BCUT2D eigenvalue weighted by Gasteiger charge is 2.28. The summed E-state index contributed by atoms with van der Waals surface area (Å²) in [6.45, 7) is 3.64. The fraction of sp³-hybridized carbons (Fsp3) is 0.150. The van der Waals surface area contributed by atoms with Gasteiger partial charge in [0, 0.05) is 12.6 Å². The van der Waals surface area contributed by atoms with Crippen molar-refractivity contribution in [1.82, 2.24) is 35.4 Å². The Morgan fingerprint density at radius 2 is 1.72 bits per heavy atom. The zero-order valence-corrected chi connectivity index (χ0v) is 16.6. The first-order valence-electron chi connectivity index (χ1n) is 9.46. The second-order valence-electron chi connectivity index (χ2n) is 6.64. The van der Waals surface area contributed by atoms with Gasteiger partial charge >= 0.3 is 5.97 Å². The minimum absolute atomic E-state index is 0.196. The molecule has 12 heteroatoms. The van der Waals surface area contributed by atoms with Crippen LogP contribution in [0.4, 0.5) is 5.69 Å². The van der Waals surface area contributed by atoms with Gasteiger partial charge in [0.25, 0.3) is 5.91 Å². The molecule has 0 aromatic carbocycles. The van der Waals surface area contributed by atoms with Gasteiger partial charge in [-0.3, -0.25) is 19.6 Å². The summed E-state index contributed by atoms with van der Waals surface area (Å²) in [7, 11) is 0. The smallest absolute Gasteiger partial charge is 0.333 e. The van der Waals surface area contributed by atoms with Gasteiger partial charge in [-0.1, -0.05) is 12.6 Å². The number of pyridine rings is 2. The van der Waals surface area contributed by atoms with Crippen molar-refractivity contribution >= 4 is 23.5 Å². The second kappa shape index (κ2) is 9.04. The predicted octanol–water partition coefficient (Wildman–Crippen LogP) is 1.31. The molecular formula is C20H16N8O4. The fourth-order valence-electron chi connectivity index (χ4n) is 2.75. The van der Waals surface area contributed by atoms with E-state index in [4.69, 9.17) is 4.84 Å². The molecular weight excluding hydrogens is 416 g/mol. The lowest BCUT2D eigenvalue weighted by molar-refractivity contribution is -0.186. The summed E-state index contributed by atoms with van der Waals surface area (Å²) in [6, 6.07) is 8.45. The first-order valence-corrected chi connectivity index (χ1v) is 9.46. The lowest BCUT2D eigenvalue weighted by Crippen LogP contribution is -2.29. The molecule has 0 unspecified atom stereocenters. The molecule has 32 heavy (non-hydrogen) atoms. The van der Waals surface area contributed by atoms with Gasteiger partial charge < -0.3 is 10.2 Å². The largest absolute Gasteiger partial charge is 0.342 e. The van der Waals surface area contributed by atoms with E-state index in [1.165, 1.54) is 6.20 Å². The Bertz CT molecular complexity index is 1150. The highest BCUT2D eigenvalue weighted by atomic mass is 16.7. The van der Waals surface area contributed by atoms with E-state index in [0.717, 1.165) is 5.06 Å². The standard InChI is InChI=1S/C20H16N8O4/c1-12-5-8-17(30)28(12)32-18(31)10-16(29)23-13-6-7-15(22-11-13)20-26-24-19(25-27-20)14-4-2-3-9-21-14/h2-4,6-7,9,11H,1,5,8,10H2,(H,23,29). The van der Waals surface area contributed by atoms with Crippen LogP contribution in [-0.2, 0) is 19.2 Å². The van der Waals surface area contributed by atoms with Gasteiger partial charge in [0.1, 0.15) is 17.8 Å². The van der Waals surface area contributed by atoms with E-state index in [9.17, 15) is 14.4 Å². The molecule has 0 saturated carbocycles. The number of aromatic nitrogens is 6. The average molecular weight is 432 g/mol. The topological polar surface area (TPSA) is 153 Å². The number of nitrogens with one attached hydrogen (secondary N) is 1. The van der Waals surface area contributed by atoms with Crippen LogP contribution in [0.5, 0.6) is 0 Å². The lowest BCUT2D eigenvalue weighted by atomic mass is 10.3. The molecule has 1 aliphatic rings. The SMILES string of the molecule is C=C1CCC(=O)N1OC(=O)CC(=O)Nc1ccc(-c2nnc(-c3ccccn3)nn2)nc1. The van der Waals surface area contributed by atoms with E-state index in [0.29, 0.717) is 29.2 Å². The van der Waals surface area contributed by atoms with Crippen LogP contribution < -0.4 is 5.32 Å². The highest BCUT2D eigenvalue weighted by molar-refractivity contribution is 6.02. The number of anilines is 1. The van der Waals surface area contributed by atoms with E-state index in [-0.39, 0.29) is 24.0 Å². The first-order chi connectivity index (χ1) is 15.5. The van der Waals surface area contributed by atoms with Crippen LogP contribution in [0, 0.1) is 0 Å². The third kappa shape index (κ3) is 4.75. The number of carbonyl (C=O) groups excluding carboxylic acids is 3. The summed E-state index contributed by atoms with van der Waals surface area (Å²) >= 11 is 0. The van der Waals surface area contributed by atoms with Gasteiger partial charge in [-0.15, -0.1) is 25.5 Å². The molecule has 160 valence electrons. The van der Waals surface area contributed by atoms with E-state index in [2.05, 4.69) is 42.3 Å². The first kappa shape index (κ1) is 20.7. The number of rotatable bonds is 6. The number of allylic oxidation sites excluding steroid dienone is 1. The van der Waals surface area contributed by atoms with Crippen molar-refractivity contribution in [2.75, 3.05) is 5.32 Å². The molecule has 3 aromatic rings. The van der Waals surface area contributed by atoms with Crippen molar-refractivity contribution in [1.29, 1.82) is 0 Å². The van der Waals surface area contributed by atoms with Crippen LogP contribution in [0.2, 0.25) is 0 Å². The van der Waals surface area contributed by atoms with Crippen LogP contribution in [0.15, 0.2) is 55.0 Å². The van der Waals surface area contributed by atoms with Crippen molar-refractivity contribution in [3.05, 3.63) is 55.0 Å². The summed E-state index contributed by atoms with van der Waals surface area (Å²) in [5, 5.41) is 19.4. The number of hydroxylamine groups is 2. The molecule has 0 radical (unpaired) electrons. The summed E-state index contributed by atoms with van der Waals surface area (Å²) in [5.41, 5.74) is 1.66. The summed E-state index contributed by atoms with van der Waals surface area (Å²) in [6.07, 6.45) is 3.04. The quantitative estimate of drug-likeness (QED) is 0.564. The molecule has 0 bridgehead atoms. The van der Waals surface area contributed by atoms with Crippen molar-refractivity contribution in [2.45, 2.75) is 19.3 Å². The van der Waals surface area contributed by atoms with Gasteiger partial charge in [0.15, 0.2) is 0 Å². The molecule has 1 N–H and O–H groups in total. The zero-order valence-electron chi connectivity index (χ0n) is 16.6. The van der Waals surface area contributed by atoms with E-state index in [1.54, 1.807) is 36.5 Å². The number of amides is 2. The van der Waals surface area contributed by atoms with E-state index in [1.807, 2.05) is 0 Å². The van der Waals surface area contributed by atoms with Gasteiger partial charge in [-0.2, -0.15) is 0 Å². The van der Waals surface area contributed by atoms with Gasteiger partial charge in [0.2, 0.25) is 17.6 Å². The molecule has 1 fully saturated rings. The number of nitrogens with zero attached hydrogens (tertiary/aromatic N) is 7. The summed E-state index contributed by atoms with van der Waals surface area (Å²) in [5.74, 6) is -1.39. The van der Waals surface area contributed by atoms with Crippen LogP contribution in [0.1, 0.15) is 19.3 Å². The van der Waals surface area contributed by atoms with Gasteiger partial charge in [-0.05, 0) is 30.7 Å². The van der Waals surface area contributed by atoms with E-state index < -0.39 is 18.3 Å². The number of hydrogen-bond donors (Lipinski definition) is 1. The molecule has 0 spiro atoms. The monoisotopic (exact) mass is 432 g/mol. The van der Waals surface area contributed by atoms with Crippen LogP contribution in [0.3, 0.4) is 0 Å². The van der Waals surface area contributed by atoms with E-state index >= 15 is 0 Å². The predicted molar refractivity (Wildman–Crippen MR) is 109 cm³/mol. The molecule has 4 heterocycles. The van der Waals surface area contributed by atoms with Crippen molar-refractivity contribution in [2.24, 2.45) is 0 Å². The maximum Gasteiger partial charge on any atom is 0.342 e. The Labute approximate surface area is 181 Å². The third-order valence-electron chi connectivity index (χ3n) is 4.29. The highest BCUT2D eigenvalue weighted by Crippen LogP contribution is 2.21. The van der Waals surface area contributed by atoms with Crippen molar-refractivity contribution in [3.63, 3.8) is 0 Å². The lowest BCUT2D eigenvalue weighted by Gasteiger charge is -2.15. The second-order valence-corrected chi connectivity index (χ2v) is 6.64. The van der Waals surface area contributed by atoms with Gasteiger partial charge in [-0.25, -0.2) is 4.79 Å². The Morgan fingerprint density at radius 1 is 1.00 bits per heavy atom. The van der Waals surface area contributed by atoms with Crippen molar-refractivity contribution in [3.8, 4) is 23.0 Å². The minimum atomic E-state index is -0.873. The van der Waals surface area contributed by atoms with Crippen molar-refractivity contribution < 1.29 is 19.2 Å². The Kier molecular flexibility index (Phi) is 5.83. The maximum atomic E-state index is 12.1.